The van der Waals surface area contributed by atoms with E-state index in [0.29, 0.717) is 5.75 Å². The number of carbonyl (C=O) groups is 1. The van der Waals surface area contributed by atoms with Crippen LogP contribution in [0.5, 0.6) is 0 Å². The van der Waals surface area contributed by atoms with Crippen LogP contribution in [0.4, 0.5) is 0 Å². The van der Waals surface area contributed by atoms with E-state index in [4.69, 9.17) is 0 Å². The Morgan fingerprint density at radius 2 is 1.65 bits per heavy atom. The van der Waals surface area contributed by atoms with Crippen molar-refractivity contribution in [2.45, 2.75) is 50.6 Å². The van der Waals surface area contributed by atoms with E-state index in [1.807, 2.05) is 11.0 Å². The third-order valence-electron chi connectivity index (χ3n) is 5.82. The van der Waals surface area contributed by atoms with Crippen molar-refractivity contribution < 1.29 is 4.79 Å². The van der Waals surface area contributed by atoms with Crippen molar-refractivity contribution in [3.05, 3.63) is 71.5 Å². The van der Waals surface area contributed by atoms with Gasteiger partial charge in [-0.1, -0.05) is 61.2 Å². The van der Waals surface area contributed by atoms with Gasteiger partial charge in [-0.2, -0.15) is 0 Å². The molecule has 1 amide bonds. The van der Waals surface area contributed by atoms with Crippen molar-refractivity contribution >= 4 is 17.7 Å². The first-order valence-corrected chi connectivity index (χ1v) is 12.2. The van der Waals surface area contributed by atoms with E-state index in [9.17, 15) is 4.79 Å². The maximum absolute atomic E-state index is 12.7. The minimum atomic E-state index is 0.200. The Hall–Kier alpha value is -2.60. The molecule has 31 heavy (non-hydrogen) atoms. The second-order valence-electron chi connectivity index (χ2n) is 7.97. The van der Waals surface area contributed by atoms with E-state index >= 15 is 0 Å². The Balaban J connectivity index is 1.53. The monoisotopic (exact) mass is 434 g/mol. The molecule has 5 nitrogen and oxygen atoms in total. The molecule has 162 valence electrons. The molecule has 0 atom stereocenters. The number of thioether (sulfide) groups is 1. The van der Waals surface area contributed by atoms with Gasteiger partial charge in [0, 0.05) is 25.2 Å². The molecule has 0 spiro atoms. The number of likely N-dealkylation sites (tertiary alicyclic amines) is 1. The van der Waals surface area contributed by atoms with Gasteiger partial charge in [0.2, 0.25) is 5.91 Å². The lowest BCUT2D eigenvalue weighted by Crippen LogP contribution is -2.36. The molecule has 0 unspecified atom stereocenters. The number of rotatable bonds is 8. The van der Waals surface area contributed by atoms with Crippen molar-refractivity contribution in [2.24, 2.45) is 0 Å². The van der Waals surface area contributed by atoms with Crippen LogP contribution in [0.15, 0.2) is 59.8 Å². The van der Waals surface area contributed by atoms with E-state index < -0.39 is 0 Å². The molecule has 0 saturated carbocycles. The first kappa shape index (κ1) is 21.6. The van der Waals surface area contributed by atoms with Crippen molar-refractivity contribution in [1.29, 1.82) is 0 Å². The largest absolute Gasteiger partial charge is 0.342 e. The molecule has 1 aliphatic rings. The van der Waals surface area contributed by atoms with Crippen LogP contribution in [-0.2, 0) is 24.1 Å². The Morgan fingerprint density at radius 3 is 2.35 bits per heavy atom. The molecule has 3 aromatic rings. The molecular weight excluding hydrogens is 404 g/mol. The molecule has 2 aromatic carbocycles. The van der Waals surface area contributed by atoms with Crippen LogP contribution in [-0.4, -0.2) is 44.4 Å². The summed E-state index contributed by atoms with van der Waals surface area (Å²) in [5.41, 5.74) is 3.64. The summed E-state index contributed by atoms with van der Waals surface area (Å²) >= 11 is 1.49. The Labute approximate surface area is 188 Å². The minimum Gasteiger partial charge on any atom is -0.342 e. The van der Waals surface area contributed by atoms with Crippen LogP contribution >= 0.6 is 11.8 Å². The summed E-state index contributed by atoms with van der Waals surface area (Å²) in [5, 5.41) is 9.77. The number of hydrogen-bond donors (Lipinski definition) is 0. The molecular formula is C25H30N4OS. The van der Waals surface area contributed by atoms with Gasteiger partial charge in [-0.25, -0.2) is 0 Å². The number of aromatic nitrogens is 3. The van der Waals surface area contributed by atoms with Crippen molar-refractivity contribution in [3.8, 4) is 5.69 Å². The summed E-state index contributed by atoms with van der Waals surface area (Å²) in [6.45, 7) is 3.92. The number of hydrogen-bond acceptors (Lipinski definition) is 4. The zero-order valence-corrected chi connectivity index (χ0v) is 19.0. The number of benzene rings is 2. The third-order valence-corrected chi connectivity index (χ3v) is 6.73. The summed E-state index contributed by atoms with van der Waals surface area (Å²) in [6, 6.07) is 19.0. The van der Waals surface area contributed by atoms with E-state index in [-0.39, 0.29) is 5.91 Å². The second kappa shape index (κ2) is 10.6. The predicted molar refractivity (Wildman–Crippen MR) is 126 cm³/mol. The summed E-state index contributed by atoms with van der Waals surface area (Å²) in [4.78, 5) is 14.7. The highest BCUT2D eigenvalue weighted by Crippen LogP contribution is 2.24. The molecule has 6 heteroatoms. The van der Waals surface area contributed by atoms with Gasteiger partial charge in [0.1, 0.15) is 5.82 Å². The average molecular weight is 435 g/mol. The first-order chi connectivity index (χ1) is 15.2. The summed E-state index contributed by atoms with van der Waals surface area (Å²) in [5.74, 6) is 1.54. The molecule has 4 rings (SSSR count). The maximum atomic E-state index is 12.7. The second-order valence-corrected chi connectivity index (χ2v) is 8.91. The van der Waals surface area contributed by atoms with Crippen molar-refractivity contribution in [1.82, 2.24) is 19.7 Å². The molecule has 1 aromatic heterocycles. The Kier molecular flexibility index (Phi) is 7.41. The van der Waals surface area contributed by atoms with Gasteiger partial charge in [-0.15, -0.1) is 10.2 Å². The molecule has 2 heterocycles. The standard InChI is InChI=1S/C25H30N4OS/c1-2-20-11-14-22(15-12-20)29-23(16-13-21-9-5-3-6-10-21)26-27-25(29)31-19-24(30)28-17-7-4-8-18-28/h3,5-6,9-12,14-15H,2,4,7-8,13,16-19H2,1H3. The number of nitrogens with zero attached hydrogens (tertiary/aromatic N) is 4. The smallest absolute Gasteiger partial charge is 0.233 e. The molecule has 1 saturated heterocycles. The molecule has 1 aliphatic heterocycles. The van der Waals surface area contributed by atoms with Crippen LogP contribution in [0.3, 0.4) is 0 Å². The number of aryl methyl sites for hydroxylation is 3. The van der Waals surface area contributed by atoms with E-state index in [1.54, 1.807) is 0 Å². The predicted octanol–water partition coefficient (Wildman–Crippen LogP) is 4.72. The zero-order chi connectivity index (χ0) is 21.5. The summed E-state index contributed by atoms with van der Waals surface area (Å²) in [7, 11) is 0. The van der Waals surface area contributed by atoms with Gasteiger partial charge in [0.25, 0.3) is 0 Å². The highest BCUT2D eigenvalue weighted by Gasteiger charge is 2.20. The normalized spacial score (nSPS) is 14.0. The lowest BCUT2D eigenvalue weighted by atomic mass is 10.1. The summed E-state index contributed by atoms with van der Waals surface area (Å²) in [6.07, 6.45) is 6.16. The van der Waals surface area contributed by atoms with Crippen LogP contribution < -0.4 is 0 Å². The number of carbonyl (C=O) groups excluding carboxylic acids is 1. The lowest BCUT2D eigenvalue weighted by Gasteiger charge is -2.26. The highest BCUT2D eigenvalue weighted by atomic mass is 32.2. The van der Waals surface area contributed by atoms with Gasteiger partial charge >= 0.3 is 0 Å². The molecule has 0 aliphatic carbocycles. The SMILES string of the molecule is CCc1ccc(-n2c(CCc3ccccc3)nnc2SCC(=O)N2CCCCC2)cc1. The van der Waals surface area contributed by atoms with Crippen LogP contribution in [0, 0.1) is 0 Å². The highest BCUT2D eigenvalue weighted by molar-refractivity contribution is 7.99. The van der Waals surface area contributed by atoms with Crippen LogP contribution in [0.2, 0.25) is 0 Å². The van der Waals surface area contributed by atoms with E-state index in [2.05, 4.69) is 70.2 Å². The van der Waals surface area contributed by atoms with E-state index in [0.717, 1.165) is 61.9 Å². The number of piperidine rings is 1. The van der Waals surface area contributed by atoms with E-state index in [1.165, 1.54) is 29.3 Å². The quantitative estimate of drug-likeness (QED) is 0.482. The topological polar surface area (TPSA) is 51.0 Å². The molecule has 0 N–H and O–H groups in total. The first-order valence-electron chi connectivity index (χ1n) is 11.2. The van der Waals surface area contributed by atoms with Gasteiger partial charge in [0.05, 0.1) is 5.75 Å². The maximum Gasteiger partial charge on any atom is 0.233 e. The van der Waals surface area contributed by atoms with Crippen LogP contribution in [0.1, 0.15) is 43.1 Å². The van der Waals surface area contributed by atoms with Gasteiger partial charge in [0.15, 0.2) is 5.16 Å². The van der Waals surface area contributed by atoms with Crippen LogP contribution in [0.25, 0.3) is 5.69 Å². The zero-order valence-electron chi connectivity index (χ0n) is 18.2. The van der Waals surface area contributed by atoms with Gasteiger partial charge in [-0.3, -0.25) is 9.36 Å². The molecule has 0 bridgehead atoms. The minimum absolute atomic E-state index is 0.200. The van der Waals surface area contributed by atoms with Crippen molar-refractivity contribution in [2.75, 3.05) is 18.8 Å². The van der Waals surface area contributed by atoms with Gasteiger partial charge in [-0.05, 0) is 55.4 Å². The van der Waals surface area contributed by atoms with Gasteiger partial charge < -0.3 is 4.90 Å². The fraction of sp³-hybridized carbons (Fsp3) is 0.400. The number of amides is 1. The Morgan fingerprint density at radius 1 is 0.903 bits per heavy atom. The molecule has 0 radical (unpaired) electrons. The lowest BCUT2D eigenvalue weighted by molar-refractivity contribution is -0.129. The Bertz CT molecular complexity index is 979. The fourth-order valence-corrected chi connectivity index (χ4v) is 4.83. The van der Waals surface area contributed by atoms with Crippen molar-refractivity contribution in [3.63, 3.8) is 0 Å². The molecule has 1 fully saturated rings. The fourth-order valence-electron chi connectivity index (χ4n) is 3.96. The average Bonchev–Trinajstić information content (AvgIpc) is 3.25. The third kappa shape index (κ3) is 5.56. The summed E-state index contributed by atoms with van der Waals surface area (Å²) < 4.78 is 2.12.